The van der Waals surface area contributed by atoms with Gasteiger partial charge in [0.2, 0.25) is 5.91 Å². The van der Waals surface area contributed by atoms with Crippen LogP contribution >= 0.6 is 0 Å². The van der Waals surface area contributed by atoms with Gasteiger partial charge in [-0.15, -0.1) is 0 Å². The first-order chi connectivity index (χ1) is 9.27. The van der Waals surface area contributed by atoms with Crippen molar-refractivity contribution >= 4 is 11.9 Å². The van der Waals surface area contributed by atoms with E-state index in [1.807, 2.05) is 18.7 Å². The van der Waals surface area contributed by atoms with E-state index in [4.69, 9.17) is 10.8 Å². The summed E-state index contributed by atoms with van der Waals surface area (Å²) in [5.74, 6) is -0.401. The molecule has 1 fully saturated rings. The van der Waals surface area contributed by atoms with E-state index in [0.29, 0.717) is 13.0 Å². The zero-order valence-electron chi connectivity index (χ0n) is 12.9. The van der Waals surface area contributed by atoms with Crippen LogP contribution in [0.15, 0.2) is 0 Å². The van der Waals surface area contributed by atoms with E-state index in [9.17, 15) is 9.59 Å². The molecule has 1 aliphatic rings. The normalized spacial score (nSPS) is 24.0. The number of hydrogen-bond acceptors (Lipinski definition) is 3. The summed E-state index contributed by atoms with van der Waals surface area (Å²) in [5, 5.41) is 8.89. The highest BCUT2D eigenvalue weighted by Crippen LogP contribution is 2.27. The lowest BCUT2D eigenvalue weighted by Crippen LogP contribution is -2.55. The van der Waals surface area contributed by atoms with Crippen LogP contribution in [-0.4, -0.2) is 40.5 Å². The average molecular weight is 284 g/mol. The van der Waals surface area contributed by atoms with Crippen LogP contribution in [0.4, 0.5) is 0 Å². The summed E-state index contributed by atoms with van der Waals surface area (Å²) >= 11 is 0. The Kier molecular flexibility index (Phi) is 5.99. The number of rotatable bonds is 6. The fourth-order valence-electron chi connectivity index (χ4n) is 3.09. The third-order valence-electron chi connectivity index (χ3n) is 4.30. The molecule has 1 saturated heterocycles. The highest BCUT2D eigenvalue weighted by molar-refractivity contribution is 5.85. The van der Waals surface area contributed by atoms with Gasteiger partial charge in [0.05, 0.1) is 5.54 Å². The molecule has 0 aliphatic carbocycles. The van der Waals surface area contributed by atoms with Gasteiger partial charge in [-0.25, -0.2) is 0 Å². The van der Waals surface area contributed by atoms with Gasteiger partial charge in [-0.2, -0.15) is 0 Å². The molecule has 1 aliphatic heterocycles. The Hall–Kier alpha value is -1.10. The van der Waals surface area contributed by atoms with Crippen molar-refractivity contribution in [3.05, 3.63) is 0 Å². The number of aliphatic carboxylic acids is 1. The molecule has 3 atom stereocenters. The number of amides is 1. The van der Waals surface area contributed by atoms with Gasteiger partial charge in [0.1, 0.15) is 0 Å². The molecule has 3 unspecified atom stereocenters. The minimum Gasteiger partial charge on any atom is -0.481 e. The second-order valence-corrected chi connectivity index (χ2v) is 6.40. The standard InChI is InChI=1S/C15H28N2O3/c1-4-7-15(3,16)14(20)17-8-5-6-12(10-17)11(2)9-13(18)19/h11-12H,4-10,16H2,1-3H3,(H,18,19). The van der Waals surface area contributed by atoms with Gasteiger partial charge in [0.25, 0.3) is 0 Å². The van der Waals surface area contributed by atoms with Crippen molar-refractivity contribution in [2.24, 2.45) is 17.6 Å². The monoisotopic (exact) mass is 284 g/mol. The van der Waals surface area contributed by atoms with Gasteiger partial charge in [-0.1, -0.05) is 20.3 Å². The van der Waals surface area contributed by atoms with E-state index in [2.05, 4.69) is 0 Å². The zero-order valence-corrected chi connectivity index (χ0v) is 12.9. The summed E-state index contributed by atoms with van der Waals surface area (Å²) in [6, 6.07) is 0. The van der Waals surface area contributed by atoms with Crippen molar-refractivity contribution in [1.82, 2.24) is 4.90 Å². The van der Waals surface area contributed by atoms with E-state index in [1.165, 1.54) is 0 Å². The Morgan fingerprint density at radius 3 is 2.70 bits per heavy atom. The van der Waals surface area contributed by atoms with Gasteiger partial charge in [-0.05, 0) is 38.0 Å². The highest BCUT2D eigenvalue weighted by atomic mass is 16.4. The van der Waals surface area contributed by atoms with Gasteiger partial charge in [0, 0.05) is 19.5 Å². The molecule has 5 nitrogen and oxygen atoms in total. The predicted molar refractivity (Wildman–Crippen MR) is 78.2 cm³/mol. The predicted octanol–water partition coefficient (Wildman–Crippen LogP) is 1.85. The molecule has 0 radical (unpaired) electrons. The molecule has 0 aromatic carbocycles. The summed E-state index contributed by atoms with van der Waals surface area (Å²) < 4.78 is 0. The van der Waals surface area contributed by atoms with Crippen LogP contribution in [0.1, 0.15) is 52.9 Å². The van der Waals surface area contributed by atoms with E-state index < -0.39 is 11.5 Å². The molecule has 0 spiro atoms. The van der Waals surface area contributed by atoms with Gasteiger partial charge >= 0.3 is 5.97 Å². The Morgan fingerprint density at radius 1 is 1.50 bits per heavy atom. The molecular formula is C15H28N2O3. The molecule has 3 N–H and O–H groups in total. The summed E-state index contributed by atoms with van der Waals surface area (Å²) in [7, 11) is 0. The molecule has 20 heavy (non-hydrogen) atoms. The van der Waals surface area contributed by atoms with Crippen molar-refractivity contribution in [2.75, 3.05) is 13.1 Å². The molecule has 1 heterocycles. The summed E-state index contributed by atoms with van der Waals surface area (Å²) in [5.41, 5.74) is 5.32. The van der Waals surface area contributed by atoms with Gasteiger partial charge in [0.15, 0.2) is 0 Å². The van der Waals surface area contributed by atoms with Crippen LogP contribution in [0.3, 0.4) is 0 Å². The maximum atomic E-state index is 12.5. The quantitative estimate of drug-likeness (QED) is 0.779. The Balaban J connectivity index is 2.64. The fraction of sp³-hybridized carbons (Fsp3) is 0.867. The molecular weight excluding hydrogens is 256 g/mol. The number of carbonyl (C=O) groups excluding carboxylic acids is 1. The zero-order chi connectivity index (χ0) is 15.3. The topological polar surface area (TPSA) is 83.6 Å². The number of carboxylic acid groups (broad SMARTS) is 1. The highest BCUT2D eigenvalue weighted by Gasteiger charge is 2.35. The van der Waals surface area contributed by atoms with E-state index in [1.54, 1.807) is 6.92 Å². The molecule has 1 rings (SSSR count). The van der Waals surface area contributed by atoms with Crippen LogP contribution in [0.2, 0.25) is 0 Å². The van der Waals surface area contributed by atoms with Crippen molar-refractivity contribution in [3.63, 3.8) is 0 Å². The largest absolute Gasteiger partial charge is 0.481 e. The van der Waals surface area contributed by atoms with Gasteiger partial charge < -0.3 is 15.7 Å². The van der Waals surface area contributed by atoms with E-state index in [0.717, 1.165) is 25.8 Å². The van der Waals surface area contributed by atoms with E-state index >= 15 is 0 Å². The first kappa shape index (κ1) is 17.0. The molecule has 5 heteroatoms. The first-order valence-corrected chi connectivity index (χ1v) is 7.58. The van der Waals surface area contributed by atoms with Crippen molar-refractivity contribution < 1.29 is 14.7 Å². The second kappa shape index (κ2) is 7.07. The lowest BCUT2D eigenvalue weighted by Gasteiger charge is -2.39. The molecule has 0 aromatic rings. The SMILES string of the molecule is CCCC(C)(N)C(=O)N1CCCC(C(C)CC(=O)O)C1. The van der Waals surface area contributed by atoms with E-state index in [-0.39, 0.29) is 24.2 Å². The number of nitrogens with two attached hydrogens (primary N) is 1. The molecule has 116 valence electrons. The number of hydrogen-bond donors (Lipinski definition) is 2. The number of piperidine rings is 1. The van der Waals surface area contributed by atoms with Crippen LogP contribution in [-0.2, 0) is 9.59 Å². The summed E-state index contributed by atoms with van der Waals surface area (Å²) in [6.45, 7) is 7.16. The van der Waals surface area contributed by atoms with Crippen molar-refractivity contribution in [1.29, 1.82) is 0 Å². The Bertz CT molecular complexity index is 355. The average Bonchev–Trinajstić information content (AvgIpc) is 2.37. The first-order valence-electron chi connectivity index (χ1n) is 7.58. The third kappa shape index (κ3) is 4.47. The van der Waals surface area contributed by atoms with Crippen LogP contribution < -0.4 is 5.73 Å². The van der Waals surface area contributed by atoms with Crippen LogP contribution in [0, 0.1) is 11.8 Å². The smallest absolute Gasteiger partial charge is 0.303 e. The molecule has 1 amide bonds. The number of nitrogens with zero attached hydrogens (tertiary/aromatic N) is 1. The number of carboxylic acids is 1. The maximum Gasteiger partial charge on any atom is 0.303 e. The number of likely N-dealkylation sites (tertiary alicyclic amines) is 1. The van der Waals surface area contributed by atoms with Gasteiger partial charge in [-0.3, -0.25) is 9.59 Å². The minimum atomic E-state index is -0.799. The Labute approximate surface area is 121 Å². The molecule has 0 aromatic heterocycles. The van der Waals surface area contributed by atoms with Crippen LogP contribution in [0.5, 0.6) is 0 Å². The molecule has 0 bridgehead atoms. The minimum absolute atomic E-state index is 0.00609. The number of carbonyl (C=O) groups is 2. The van der Waals surface area contributed by atoms with Crippen molar-refractivity contribution in [2.45, 2.75) is 58.4 Å². The lowest BCUT2D eigenvalue weighted by molar-refractivity contribution is -0.140. The van der Waals surface area contributed by atoms with Crippen molar-refractivity contribution in [3.8, 4) is 0 Å². The second-order valence-electron chi connectivity index (χ2n) is 6.40. The summed E-state index contributed by atoms with van der Waals surface area (Å²) in [6.07, 6.45) is 3.65. The maximum absolute atomic E-state index is 12.5. The lowest BCUT2D eigenvalue weighted by atomic mass is 9.83. The Morgan fingerprint density at radius 2 is 2.15 bits per heavy atom. The summed E-state index contributed by atoms with van der Waals surface area (Å²) in [4.78, 5) is 25.1. The fourth-order valence-corrected chi connectivity index (χ4v) is 3.09. The third-order valence-corrected chi connectivity index (χ3v) is 4.30. The van der Waals surface area contributed by atoms with Crippen LogP contribution in [0.25, 0.3) is 0 Å². The molecule has 0 saturated carbocycles.